The van der Waals surface area contributed by atoms with Crippen LogP contribution in [0.1, 0.15) is 35.7 Å². The Morgan fingerprint density at radius 1 is 1.11 bits per heavy atom. The van der Waals surface area contributed by atoms with E-state index in [0.717, 1.165) is 24.2 Å². The summed E-state index contributed by atoms with van der Waals surface area (Å²) in [5.41, 5.74) is 1.46. The van der Waals surface area contributed by atoms with Crippen LogP contribution in [0.15, 0.2) is 53.4 Å². The Bertz CT molecular complexity index is 920. The Morgan fingerprint density at radius 3 is 2.39 bits per heavy atom. The predicted molar refractivity (Wildman–Crippen MR) is 108 cm³/mol. The molecule has 1 aliphatic heterocycles. The quantitative estimate of drug-likeness (QED) is 0.773. The van der Waals surface area contributed by atoms with Gasteiger partial charge in [0, 0.05) is 18.7 Å². The van der Waals surface area contributed by atoms with Crippen molar-refractivity contribution in [3.05, 3.63) is 59.7 Å². The lowest BCUT2D eigenvalue weighted by Crippen LogP contribution is -2.36. The highest BCUT2D eigenvalue weighted by atomic mass is 32.2. The topological polar surface area (TPSA) is 75.7 Å². The zero-order valence-corrected chi connectivity index (χ0v) is 17.0. The van der Waals surface area contributed by atoms with Gasteiger partial charge < -0.3 is 10.1 Å². The van der Waals surface area contributed by atoms with E-state index in [1.165, 1.54) is 16.4 Å². The van der Waals surface area contributed by atoms with Crippen molar-refractivity contribution in [3.63, 3.8) is 0 Å². The third-order valence-corrected chi connectivity index (χ3v) is 6.69. The number of carbonyl (C=O) groups is 1. The van der Waals surface area contributed by atoms with E-state index < -0.39 is 10.0 Å². The van der Waals surface area contributed by atoms with Crippen LogP contribution in [0.2, 0.25) is 0 Å². The fourth-order valence-corrected chi connectivity index (χ4v) is 4.65. The molecule has 1 heterocycles. The van der Waals surface area contributed by atoms with Gasteiger partial charge in [0.05, 0.1) is 10.9 Å². The highest BCUT2D eigenvalue weighted by Crippen LogP contribution is 2.21. The Kier molecular flexibility index (Phi) is 6.36. The van der Waals surface area contributed by atoms with E-state index in [9.17, 15) is 13.2 Å². The molecule has 0 aromatic heterocycles. The van der Waals surface area contributed by atoms with E-state index in [1.54, 1.807) is 12.1 Å². The van der Waals surface area contributed by atoms with E-state index in [-0.39, 0.29) is 16.8 Å². The molecule has 28 heavy (non-hydrogen) atoms. The van der Waals surface area contributed by atoms with E-state index in [1.807, 2.05) is 38.1 Å². The minimum atomic E-state index is -3.47. The van der Waals surface area contributed by atoms with Gasteiger partial charge in [0.1, 0.15) is 12.4 Å². The fraction of sp³-hybridized carbons (Fsp3) is 0.381. The second kappa shape index (κ2) is 8.75. The van der Waals surface area contributed by atoms with Crippen molar-refractivity contribution in [2.75, 3.05) is 19.7 Å². The lowest BCUT2D eigenvalue weighted by atomic mass is 10.2. The first-order valence-corrected chi connectivity index (χ1v) is 10.9. The molecule has 1 N–H and O–H groups in total. The molecule has 2 aromatic rings. The molecule has 0 saturated carbocycles. The molecule has 6 nitrogen and oxygen atoms in total. The number of nitrogens with one attached hydrogen (secondary N) is 1. The standard InChI is InChI=1S/C21H26N2O4S/c1-16-7-3-4-8-20(16)27-15-17(2)22-21(24)18-9-11-19(12-10-18)28(25,26)23-13-5-6-14-23/h3-4,7-12,17H,5-6,13-15H2,1-2H3,(H,22,24). The van der Waals surface area contributed by atoms with Crippen LogP contribution in [-0.2, 0) is 10.0 Å². The van der Waals surface area contributed by atoms with Crippen molar-refractivity contribution in [2.45, 2.75) is 37.6 Å². The van der Waals surface area contributed by atoms with Crippen molar-refractivity contribution >= 4 is 15.9 Å². The summed E-state index contributed by atoms with van der Waals surface area (Å²) in [4.78, 5) is 12.6. The molecule has 1 atom stereocenters. The zero-order valence-electron chi connectivity index (χ0n) is 16.2. The van der Waals surface area contributed by atoms with Crippen LogP contribution < -0.4 is 10.1 Å². The van der Waals surface area contributed by atoms with Gasteiger partial charge in [-0.2, -0.15) is 4.31 Å². The lowest BCUT2D eigenvalue weighted by molar-refractivity contribution is 0.0926. The molecule has 0 bridgehead atoms. The molecule has 3 rings (SSSR count). The van der Waals surface area contributed by atoms with Gasteiger partial charge >= 0.3 is 0 Å². The first-order valence-electron chi connectivity index (χ1n) is 9.47. The number of benzene rings is 2. The summed E-state index contributed by atoms with van der Waals surface area (Å²) in [5.74, 6) is 0.533. The average molecular weight is 403 g/mol. The molecule has 2 aromatic carbocycles. The number of carbonyl (C=O) groups excluding carboxylic acids is 1. The van der Waals surface area contributed by atoms with Gasteiger partial charge in [-0.1, -0.05) is 18.2 Å². The van der Waals surface area contributed by atoms with Gasteiger partial charge in [0.2, 0.25) is 10.0 Å². The van der Waals surface area contributed by atoms with Crippen molar-refractivity contribution < 1.29 is 17.9 Å². The molecule has 0 spiro atoms. The summed E-state index contributed by atoms with van der Waals surface area (Å²) in [5, 5.41) is 2.88. The monoisotopic (exact) mass is 402 g/mol. The summed E-state index contributed by atoms with van der Waals surface area (Å²) in [6.07, 6.45) is 1.78. The van der Waals surface area contributed by atoms with Crippen LogP contribution >= 0.6 is 0 Å². The second-order valence-electron chi connectivity index (χ2n) is 7.09. The summed E-state index contributed by atoms with van der Waals surface area (Å²) < 4.78 is 32.3. The maximum absolute atomic E-state index is 12.5. The average Bonchev–Trinajstić information content (AvgIpc) is 3.23. The largest absolute Gasteiger partial charge is 0.491 e. The van der Waals surface area contributed by atoms with Crippen LogP contribution in [-0.4, -0.2) is 44.4 Å². The Labute approximate surface area is 166 Å². The molecule has 7 heteroatoms. The third-order valence-electron chi connectivity index (χ3n) is 4.78. The van der Waals surface area contributed by atoms with E-state index in [0.29, 0.717) is 25.3 Å². The van der Waals surface area contributed by atoms with Crippen LogP contribution in [0.5, 0.6) is 5.75 Å². The second-order valence-corrected chi connectivity index (χ2v) is 9.02. The van der Waals surface area contributed by atoms with Gasteiger partial charge in [-0.05, 0) is 62.6 Å². The Balaban J connectivity index is 1.57. The van der Waals surface area contributed by atoms with Crippen molar-refractivity contribution in [3.8, 4) is 5.75 Å². The number of hydrogen-bond donors (Lipinski definition) is 1. The number of hydrogen-bond acceptors (Lipinski definition) is 4. The minimum Gasteiger partial charge on any atom is -0.491 e. The summed E-state index contributed by atoms with van der Waals surface area (Å²) in [6.45, 7) is 5.29. The molecule has 150 valence electrons. The van der Waals surface area contributed by atoms with Crippen LogP contribution in [0.4, 0.5) is 0 Å². The van der Waals surface area contributed by atoms with Crippen molar-refractivity contribution in [2.24, 2.45) is 0 Å². The van der Waals surface area contributed by atoms with Crippen LogP contribution in [0.3, 0.4) is 0 Å². The van der Waals surface area contributed by atoms with Crippen LogP contribution in [0, 0.1) is 6.92 Å². The molecule has 0 radical (unpaired) electrons. The van der Waals surface area contributed by atoms with Gasteiger partial charge in [-0.3, -0.25) is 4.79 Å². The normalized spacial score (nSPS) is 15.9. The third kappa shape index (κ3) is 4.72. The number of amides is 1. The maximum atomic E-state index is 12.5. The predicted octanol–water partition coefficient (Wildman–Crippen LogP) is 2.98. The Hall–Kier alpha value is -2.38. The number of para-hydroxylation sites is 1. The van der Waals surface area contributed by atoms with Crippen molar-refractivity contribution in [1.29, 1.82) is 0 Å². The molecular formula is C21H26N2O4S. The van der Waals surface area contributed by atoms with Gasteiger partial charge in [-0.25, -0.2) is 8.42 Å². The molecule has 1 fully saturated rings. The maximum Gasteiger partial charge on any atom is 0.251 e. The zero-order chi connectivity index (χ0) is 20.1. The molecule has 1 unspecified atom stereocenters. The van der Waals surface area contributed by atoms with Crippen molar-refractivity contribution in [1.82, 2.24) is 9.62 Å². The lowest BCUT2D eigenvalue weighted by Gasteiger charge is -2.17. The smallest absolute Gasteiger partial charge is 0.251 e. The summed E-state index contributed by atoms with van der Waals surface area (Å²) in [6, 6.07) is 13.6. The summed E-state index contributed by atoms with van der Waals surface area (Å²) in [7, 11) is -3.47. The first-order chi connectivity index (χ1) is 13.4. The highest BCUT2D eigenvalue weighted by molar-refractivity contribution is 7.89. The van der Waals surface area contributed by atoms with E-state index in [4.69, 9.17) is 4.74 Å². The Morgan fingerprint density at radius 2 is 1.75 bits per heavy atom. The molecule has 1 amide bonds. The number of aryl methyl sites for hydroxylation is 1. The van der Waals surface area contributed by atoms with Gasteiger partial charge in [0.15, 0.2) is 0 Å². The summed E-state index contributed by atoms with van der Waals surface area (Å²) >= 11 is 0. The van der Waals surface area contributed by atoms with Crippen LogP contribution in [0.25, 0.3) is 0 Å². The first kappa shape index (κ1) is 20.4. The SMILES string of the molecule is Cc1ccccc1OCC(C)NC(=O)c1ccc(S(=O)(=O)N2CCCC2)cc1. The number of sulfonamides is 1. The molecule has 0 aliphatic carbocycles. The van der Waals surface area contributed by atoms with Gasteiger partial charge in [0.25, 0.3) is 5.91 Å². The van der Waals surface area contributed by atoms with Gasteiger partial charge in [-0.15, -0.1) is 0 Å². The number of rotatable bonds is 7. The highest BCUT2D eigenvalue weighted by Gasteiger charge is 2.27. The minimum absolute atomic E-state index is 0.194. The van der Waals surface area contributed by atoms with E-state index in [2.05, 4.69) is 5.32 Å². The number of ether oxygens (including phenoxy) is 1. The number of nitrogens with zero attached hydrogens (tertiary/aromatic N) is 1. The fourth-order valence-electron chi connectivity index (χ4n) is 3.14. The van der Waals surface area contributed by atoms with E-state index >= 15 is 0 Å². The molecule has 1 aliphatic rings. The molecule has 1 saturated heterocycles. The molecular weight excluding hydrogens is 376 g/mol.